The zero-order chi connectivity index (χ0) is 26.8. The predicted molar refractivity (Wildman–Crippen MR) is 147 cm³/mol. The van der Waals surface area contributed by atoms with Crippen LogP contribution in [0.5, 0.6) is 11.5 Å². The smallest absolute Gasteiger partial charge is 0.232 e. The number of likely N-dealkylation sites (tertiary alicyclic amines) is 1. The molecule has 0 aliphatic carbocycles. The molecule has 2 atom stereocenters. The van der Waals surface area contributed by atoms with Crippen LogP contribution >= 0.6 is 0 Å². The minimum absolute atomic E-state index is 0.182. The fourth-order valence-corrected chi connectivity index (χ4v) is 6.40. The summed E-state index contributed by atoms with van der Waals surface area (Å²) in [5, 5.41) is 13.6. The molecule has 2 aliphatic rings. The number of ether oxygens (including phenoxy) is 1. The molecule has 3 heterocycles. The number of nitrogens with one attached hydrogen (secondary N) is 1. The topological polar surface area (TPSA) is 83.2 Å². The minimum Gasteiger partial charge on any atom is -0.456 e. The quantitative estimate of drug-likeness (QED) is 0.480. The summed E-state index contributed by atoms with van der Waals surface area (Å²) in [6.07, 6.45) is 10.5. The highest BCUT2D eigenvalue weighted by Crippen LogP contribution is 2.42. The number of hydrogen-bond acceptors (Lipinski definition) is 5. The molecule has 0 saturated carbocycles. The van der Waals surface area contributed by atoms with Gasteiger partial charge in [0.2, 0.25) is 5.91 Å². The standard InChI is InChI=1S/C31H37N5O2/c1-4-30(14-6-5-7-17-35(2)29(30)37)24-10-8-11-26(18-24)38-27-19-25(13-12-23(27)20-32)31(15-9-16-34-31)28-21-33-22-36(28)3/h8,10-13,18-19,21-22,34H,4-7,9,14-17H2,1-3H3/t30-,31-/m1/s1. The molecule has 3 aromatic rings. The average Bonchev–Trinajstić information content (AvgIpc) is 3.60. The normalized spacial score (nSPS) is 24.1. The molecular formula is C31H37N5O2. The van der Waals surface area contributed by atoms with Gasteiger partial charge < -0.3 is 19.5 Å². The number of rotatable bonds is 6. The number of carbonyl (C=O) groups excluding carboxylic acids is 1. The van der Waals surface area contributed by atoms with Crippen LogP contribution in [0.15, 0.2) is 55.0 Å². The molecule has 7 heteroatoms. The highest BCUT2D eigenvalue weighted by Gasteiger charge is 2.41. The van der Waals surface area contributed by atoms with Gasteiger partial charge in [0.1, 0.15) is 17.6 Å². The van der Waals surface area contributed by atoms with Crippen molar-refractivity contribution in [1.29, 1.82) is 5.26 Å². The summed E-state index contributed by atoms with van der Waals surface area (Å²) in [6, 6.07) is 16.0. The van der Waals surface area contributed by atoms with Crippen molar-refractivity contribution >= 4 is 5.91 Å². The van der Waals surface area contributed by atoms with Crippen molar-refractivity contribution in [3.05, 3.63) is 77.4 Å². The second-order valence-corrected chi connectivity index (χ2v) is 10.8. The SMILES string of the molecule is CC[C@]1(c2cccc(Oc3cc([C@@]4(c5cncn5C)CCCN4)ccc3C#N)c2)CCCCCN(C)C1=O. The molecule has 0 unspecified atom stereocenters. The van der Waals surface area contributed by atoms with Gasteiger partial charge in [0.15, 0.2) is 0 Å². The van der Waals surface area contributed by atoms with E-state index in [1.54, 1.807) is 0 Å². The van der Waals surface area contributed by atoms with Crippen LogP contribution in [0.1, 0.15) is 74.3 Å². The Bertz CT molecular complexity index is 1350. The second kappa shape index (κ2) is 10.6. The molecule has 2 aliphatic heterocycles. The molecule has 2 aromatic carbocycles. The van der Waals surface area contributed by atoms with E-state index >= 15 is 0 Å². The summed E-state index contributed by atoms with van der Waals surface area (Å²) < 4.78 is 8.48. The van der Waals surface area contributed by atoms with Gasteiger partial charge in [0.05, 0.1) is 34.7 Å². The van der Waals surface area contributed by atoms with Crippen LogP contribution in [0.3, 0.4) is 0 Å². The van der Waals surface area contributed by atoms with Crippen LogP contribution < -0.4 is 10.1 Å². The zero-order valence-electron chi connectivity index (χ0n) is 22.7. The summed E-state index contributed by atoms with van der Waals surface area (Å²) in [6.45, 7) is 3.80. The summed E-state index contributed by atoms with van der Waals surface area (Å²) in [5.74, 6) is 1.33. The van der Waals surface area contributed by atoms with E-state index in [-0.39, 0.29) is 11.4 Å². The third kappa shape index (κ3) is 4.48. The lowest BCUT2D eigenvalue weighted by Gasteiger charge is -2.37. The highest BCUT2D eigenvalue weighted by molar-refractivity contribution is 5.88. The number of benzene rings is 2. The van der Waals surface area contributed by atoms with E-state index in [2.05, 4.69) is 23.3 Å². The fourth-order valence-electron chi connectivity index (χ4n) is 6.40. The van der Waals surface area contributed by atoms with E-state index in [0.717, 1.165) is 74.9 Å². The van der Waals surface area contributed by atoms with Crippen molar-refractivity contribution in [2.24, 2.45) is 7.05 Å². The predicted octanol–water partition coefficient (Wildman–Crippen LogP) is 5.39. The zero-order valence-corrected chi connectivity index (χ0v) is 22.7. The number of aryl methyl sites for hydroxylation is 1. The number of hydrogen-bond donors (Lipinski definition) is 1. The molecule has 1 aromatic heterocycles. The number of nitriles is 1. The van der Waals surface area contributed by atoms with Gasteiger partial charge in [0, 0.05) is 20.6 Å². The van der Waals surface area contributed by atoms with Crippen LogP contribution in [0, 0.1) is 11.3 Å². The van der Waals surface area contributed by atoms with Gasteiger partial charge in [-0.05, 0) is 74.0 Å². The lowest BCUT2D eigenvalue weighted by Crippen LogP contribution is -2.46. The maximum atomic E-state index is 13.6. The Kier molecular flexibility index (Phi) is 7.27. The number of likely N-dealkylation sites (N-methyl/N-ethyl adjacent to an activating group) is 1. The highest BCUT2D eigenvalue weighted by atomic mass is 16.5. The molecule has 7 nitrogen and oxygen atoms in total. The first-order valence-electron chi connectivity index (χ1n) is 13.7. The number of imidazole rings is 1. The van der Waals surface area contributed by atoms with Crippen molar-refractivity contribution in [2.75, 3.05) is 20.1 Å². The third-order valence-electron chi connectivity index (χ3n) is 8.58. The van der Waals surface area contributed by atoms with Gasteiger partial charge in [-0.1, -0.05) is 38.0 Å². The van der Waals surface area contributed by atoms with Gasteiger partial charge in [-0.25, -0.2) is 4.98 Å². The molecule has 1 N–H and O–H groups in total. The summed E-state index contributed by atoms with van der Waals surface area (Å²) in [7, 11) is 3.92. The summed E-state index contributed by atoms with van der Waals surface area (Å²) >= 11 is 0. The Morgan fingerprint density at radius 1 is 1.08 bits per heavy atom. The van der Waals surface area contributed by atoms with E-state index in [9.17, 15) is 10.1 Å². The second-order valence-electron chi connectivity index (χ2n) is 10.8. The van der Waals surface area contributed by atoms with Gasteiger partial charge in [-0.3, -0.25) is 4.79 Å². The van der Waals surface area contributed by atoms with E-state index in [4.69, 9.17) is 4.74 Å². The lowest BCUT2D eigenvalue weighted by molar-refractivity contribution is -0.137. The Balaban J connectivity index is 1.52. The van der Waals surface area contributed by atoms with Crippen molar-refractivity contribution in [1.82, 2.24) is 19.8 Å². The van der Waals surface area contributed by atoms with E-state index in [1.807, 2.05) is 78.6 Å². The van der Waals surface area contributed by atoms with E-state index in [1.165, 1.54) is 0 Å². The van der Waals surface area contributed by atoms with Crippen LogP contribution in [0.4, 0.5) is 0 Å². The van der Waals surface area contributed by atoms with Crippen molar-refractivity contribution in [3.8, 4) is 17.6 Å². The number of amides is 1. The molecule has 198 valence electrons. The Morgan fingerprint density at radius 2 is 1.95 bits per heavy atom. The maximum absolute atomic E-state index is 13.6. The first kappa shape index (κ1) is 26.0. The van der Waals surface area contributed by atoms with Crippen molar-refractivity contribution in [3.63, 3.8) is 0 Å². The van der Waals surface area contributed by atoms with Crippen LogP contribution in [-0.4, -0.2) is 40.5 Å². The van der Waals surface area contributed by atoms with E-state index in [0.29, 0.717) is 17.1 Å². The Hall–Kier alpha value is -3.63. The molecule has 0 spiro atoms. The van der Waals surface area contributed by atoms with Crippen molar-refractivity contribution in [2.45, 2.75) is 62.8 Å². The Morgan fingerprint density at radius 3 is 2.66 bits per heavy atom. The van der Waals surface area contributed by atoms with Gasteiger partial charge in [-0.2, -0.15) is 5.26 Å². The average molecular weight is 512 g/mol. The third-order valence-corrected chi connectivity index (χ3v) is 8.58. The monoisotopic (exact) mass is 511 g/mol. The van der Waals surface area contributed by atoms with Gasteiger partial charge >= 0.3 is 0 Å². The molecule has 0 bridgehead atoms. The molecule has 2 saturated heterocycles. The van der Waals surface area contributed by atoms with Gasteiger partial charge in [-0.15, -0.1) is 0 Å². The molecule has 5 rings (SSSR count). The minimum atomic E-state index is -0.564. The summed E-state index contributed by atoms with van der Waals surface area (Å²) in [5.41, 5.74) is 2.64. The molecular weight excluding hydrogens is 474 g/mol. The maximum Gasteiger partial charge on any atom is 0.232 e. The summed E-state index contributed by atoms with van der Waals surface area (Å²) in [4.78, 5) is 19.9. The molecule has 2 fully saturated rings. The van der Waals surface area contributed by atoms with Gasteiger partial charge in [0.25, 0.3) is 0 Å². The molecule has 38 heavy (non-hydrogen) atoms. The number of aromatic nitrogens is 2. The number of nitrogens with zero attached hydrogens (tertiary/aromatic N) is 4. The van der Waals surface area contributed by atoms with Crippen LogP contribution in [0.2, 0.25) is 0 Å². The largest absolute Gasteiger partial charge is 0.456 e. The van der Waals surface area contributed by atoms with Crippen LogP contribution in [-0.2, 0) is 22.8 Å². The van der Waals surface area contributed by atoms with Crippen LogP contribution in [0.25, 0.3) is 0 Å². The van der Waals surface area contributed by atoms with E-state index < -0.39 is 5.41 Å². The first-order valence-corrected chi connectivity index (χ1v) is 13.7. The fraction of sp³-hybridized carbons (Fsp3) is 0.452. The first-order chi connectivity index (χ1) is 18.4. The van der Waals surface area contributed by atoms with Crippen molar-refractivity contribution < 1.29 is 9.53 Å². The molecule has 0 radical (unpaired) electrons. The lowest BCUT2D eigenvalue weighted by atomic mass is 9.72. The molecule has 1 amide bonds. The Labute approximate surface area is 225 Å². The number of carbonyl (C=O) groups is 1.